The van der Waals surface area contributed by atoms with Crippen molar-refractivity contribution in [2.45, 2.75) is 25.3 Å². The first kappa shape index (κ1) is 15.4. The van der Waals surface area contributed by atoms with Crippen LogP contribution in [0.15, 0.2) is 30.6 Å². The molecule has 4 rings (SSSR count). The Bertz CT molecular complexity index is 716. The number of benzene rings is 1. The van der Waals surface area contributed by atoms with Gasteiger partial charge in [-0.1, -0.05) is 12.1 Å². The number of rotatable bonds is 3. The first-order chi connectivity index (χ1) is 11.7. The third kappa shape index (κ3) is 2.84. The number of nitrogens with zero attached hydrogens (tertiary/aromatic N) is 4. The van der Waals surface area contributed by atoms with Crippen LogP contribution in [0.2, 0.25) is 0 Å². The SMILES string of the molecule is COc1ccc(C2CCN(c3ncnc4c3CN(C)CC4)C2)cc1. The van der Waals surface area contributed by atoms with Gasteiger partial charge in [0.25, 0.3) is 0 Å². The quantitative estimate of drug-likeness (QED) is 0.867. The van der Waals surface area contributed by atoms with Gasteiger partial charge in [-0.05, 0) is 31.2 Å². The molecule has 0 radical (unpaired) electrons. The van der Waals surface area contributed by atoms with Crippen molar-refractivity contribution < 1.29 is 4.74 Å². The van der Waals surface area contributed by atoms with Crippen molar-refractivity contribution in [3.05, 3.63) is 47.4 Å². The summed E-state index contributed by atoms with van der Waals surface area (Å²) < 4.78 is 5.26. The number of aromatic nitrogens is 2. The molecule has 1 atom stereocenters. The molecule has 24 heavy (non-hydrogen) atoms. The minimum Gasteiger partial charge on any atom is -0.497 e. The van der Waals surface area contributed by atoms with E-state index in [0.717, 1.165) is 44.2 Å². The molecule has 0 spiro atoms. The molecule has 1 saturated heterocycles. The Morgan fingerprint density at radius 1 is 1.12 bits per heavy atom. The topological polar surface area (TPSA) is 41.5 Å². The van der Waals surface area contributed by atoms with Crippen molar-refractivity contribution in [2.24, 2.45) is 0 Å². The average Bonchev–Trinajstić information content (AvgIpc) is 3.11. The van der Waals surface area contributed by atoms with E-state index in [1.165, 1.54) is 23.2 Å². The second kappa shape index (κ2) is 6.40. The van der Waals surface area contributed by atoms with Crippen molar-refractivity contribution in [3.63, 3.8) is 0 Å². The maximum absolute atomic E-state index is 5.26. The van der Waals surface area contributed by atoms with E-state index < -0.39 is 0 Å². The van der Waals surface area contributed by atoms with Gasteiger partial charge < -0.3 is 14.5 Å². The van der Waals surface area contributed by atoms with E-state index >= 15 is 0 Å². The maximum atomic E-state index is 5.26. The van der Waals surface area contributed by atoms with E-state index in [2.05, 4.69) is 51.1 Å². The van der Waals surface area contributed by atoms with Crippen molar-refractivity contribution in [2.75, 3.05) is 38.7 Å². The van der Waals surface area contributed by atoms with Crippen LogP contribution in [0, 0.1) is 0 Å². The standard InChI is InChI=1S/C19H24N4O/c1-22-9-8-18-17(12-22)19(21-13-20-18)23-10-7-15(11-23)14-3-5-16(24-2)6-4-14/h3-6,13,15H,7-12H2,1-2H3. The summed E-state index contributed by atoms with van der Waals surface area (Å²) in [5.41, 5.74) is 3.94. The van der Waals surface area contributed by atoms with Crippen LogP contribution in [-0.4, -0.2) is 48.7 Å². The maximum Gasteiger partial charge on any atom is 0.136 e. The molecule has 5 nitrogen and oxygen atoms in total. The molecule has 1 fully saturated rings. The van der Waals surface area contributed by atoms with Crippen LogP contribution < -0.4 is 9.64 Å². The van der Waals surface area contributed by atoms with Gasteiger partial charge in [0.1, 0.15) is 17.9 Å². The predicted octanol–water partition coefficient (Wildman–Crippen LogP) is 2.47. The van der Waals surface area contributed by atoms with Crippen molar-refractivity contribution in [3.8, 4) is 5.75 Å². The van der Waals surface area contributed by atoms with Gasteiger partial charge in [0.2, 0.25) is 0 Å². The molecule has 0 N–H and O–H groups in total. The molecule has 1 aromatic heterocycles. The predicted molar refractivity (Wildman–Crippen MR) is 94.6 cm³/mol. The molecule has 2 aliphatic heterocycles. The zero-order valence-corrected chi connectivity index (χ0v) is 14.4. The lowest BCUT2D eigenvalue weighted by molar-refractivity contribution is 0.309. The van der Waals surface area contributed by atoms with E-state index in [1.54, 1.807) is 13.4 Å². The number of anilines is 1. The first-order valence-corrected chi connectivity index (χ1v) is 8.65. The van der Waals surface area contributed by atoms with Gasteiger partial charge in [0, 0.05) is 44.1 Å². The van der Waals surface area contributed by atoms with E-state index in [4.69, 9.17) is 4.74 Å². The highest BCUT2D eigenvalue weighted by molar-refractivity contribution is 5.51. The van der Waals surface area contributed by atoms with Crippen LogP contribution in [0.5, 0.6) is 5.75 Å². The van der Waals surface area contributed by atoms with E-state index in [1.807, 2.05) is 0 Å². The van der Waals surface area contributed by atoms with Crippen molar-refractivity contribution >= 4 is 5.82 Å². The van der Waals surface area contributed by atoms with Gasteiger partial charge in [-0.15, -0.1) is 0 Å². The first-order valence-electron chi connectivity index (χ1n) is 8.65. The number of fused-ring (bicyclic) bond motifs is 1. The summed E-state index contributed by atoms with van der Waals surface area (Å²) in [6, 6.07) is 8.49. The molecular weight excluding hydrogens is 300 g/mol. The summed E-state index contributed by atoms with van der Waals surface area (Å²) in [6.45, 7) is 4.12. The van der Waals surface area contributed by atoms with Crippen LogP contribution in [0.4, 0.5) is 5.82 Å². The summed E-state index contributed by atoms with van der Waals surface area (Å²) >= 11 is 0. The second-order valence-corrected chi connectivity index (χ2v) is 6.82. The Morgan fingerprint density at radius 3 is 2.75 bits per heavy atom. The highest BCUT2D eigenvalue weighted by atomic mass is 16.5. The second-order valence-electron chi connectivity index (χ2n) is 6.82. The number of hydrogen-bond donors (Lipinski definition) is 0. The lowest BCUT2D eigenvalue weighted by Gasteiger charge is -2.28. The minimum atomic E-state index is 0.558. The molecule has 3 heterocycles. The molecule has 0 aliphatic carbocycles. The molecule has 1 aromatic carbocycles. The van der Waals surface area contributed by atoms with Crippen molar-refractivity contribution in [1.82, 2.24) is 14.9 Å². The summed E-state index contributed by atoms with van der Waals surface area (Å²) in [4.78, 5) is 13.9. The summed E-state index contributed by atoms with van der Waals surface area (Å²) in [6.07, 6.45) is 3.93. The average molecular weight is 324 g/mol. The Morgan fingerprint density at radius 2 is 1.96 bits per heavy atom. The largest absolute Gasteiger partial charge is 0.497 e. The van der Waals surface area contributed by atoms with E-state index in [0.29, 0.717) is 5.92 Å². The zero-order chi connectivity index (χ0) is 16.5. The van der Waals surface area contributed by atoms with Crippen LogP contribution >= 0.6 is 0 Å². The van der Waals surface area contributed by atoms with E-state index in [9.17, 15) is 0 Å². The van der Waals surface area contributed by atoms with Gasteiger partial charge >= 0.3 is 0 Å². The minimum absolute atomic E-state index is 0.558. The van der Waals surface area contributed by atoms with Crippen LogP contribution in [0.3, 0.4) is 0 Å². The highest BCUT2D eigenvalue weighted by Crippen LogP contribution is 2.33. The van der Waals surface area contributed by atoms with E-state index in [-0.39, 0.29) is 0 Å². The number of methoxy groups -OCH3 is 1. The number of hydrogen-bond acceptors (Lipinski definition) is 5. The van der Waals surface area contributed by atoms with Crippen molar-refractivity contribution in [1.29, 1.82) is 0 Å². The molecule has 2 aromatic rings. The van der Waals surface area contributed by atoms with Crippen LogP contribution in [-0.2, 0) is 13.0 Å². The van der Waals surface area contributed by atoms with Crippen LogP contribution in [0.1, 0.15) is 29.2 Å². The third-order valence-corrected chi connectivity index (χ3v) is 5.25. The molecule has 1 unspecified atom stereocenters. The van der Waals surface area contributed by atoms with Gasteiger partial charge in [-0.25, -0.2) is 9.97 Å². The molecule has 126 valence electrons. The summed E-state index contributed by atoms with van der Waals surface area (Å²) in [5, 5.41) is 0. The Kier molecular flexibility index (Phi) is 4.10. The fourth-order valence-corrected chi connectivity index (χ4v) is 3.83. The summed E-state index contributed by atoms with van der Waals surface area (Å²) in [7, 11) is 3.88. The molecule has 0 saturated carbocycles. The molecule has 5 heteroatoms. The number of ether oxygens (including phenoxy) is 1. The third-order valence-electron chi connectivity index (χ3n) is 5.25. The fraction of sp³-hybridized carbons (Fsp3) is 0.474. The monoisotopic (exact) mass is 324 g/mol. The van der Waals surface area contributed by atoms with Crippen LogP contribution in [0.25, 0.3) is 0 Å². The number of likely N-dealkylation sites (N-methyl/N-ethyl adjacent to an activating group) is 1. The highest BCUT2D eigenvalue weighted by Gasteiger charge is 2.28. The van der Waals surface area contributed by atoms with Gasteiger partial charge in [-0.3, -0.25) is 0 Å². The zero-order valence-electron chi connectivity index (χ0n) is 14.4. The fourth-order valence-electron chi connectivity index (χ4n) is 3.83. The molecule has 0 amide bonds. The van der Waals surface area contributed by atoms with Gasteiger partial charge in [0.15, 0.2) is 0 Å². The Balaban J connectivity index is 1.54. The normalized spacial score (nSPS) is 20.9. The lowest BCUT2D eigenvalue weighted by atomic mass is 9.98. The smallest absolute Gasteiger partial charge is 0.136 e. The lowest BCUT2D eigenvalue weighted by Crippen LogP contribution is -2.31. The Labute approximate surface area is 143 Å². The Hall–Kier alpha value is -2.14. The summed E-state index contributed by atoms with van der Waals surface area (Å²) in [5.74, 6) is 2.62. The molecule has 2 aliphatic rings. The van der Waals surface area contributed by atoms with Gasteiger partial charge in [-0.2, -0.15) is 0 Å². The molecule has 0 bridgehead atoms. The molecular formula is C19H24N4O. The van der Waals surface area contributed by atoms with Gasteiger partial charge in [0.05, 0.1) is 12.8 Å².